The second kappa shape index (κ2) is 11.9. The second-order valence-electron chi connectivity index (χ2n) is 8.64. The number of methoxy groups -OCH3 is 2. The van der Waals surface area contributed by atoms with E-state index in [1.165, 1.54) is 19.8 Å². The molecule has 3 N–H and O–H groups in total. The summed E-state index contributed by atoms with van der Waals surface area (Å²) in [6.07, 6.45) is 0. The SMILES string of the molecule is COc1cc(OC)cc(C(=O)N[C@H](C(=O)Nc2ccc(N[C@@H](C)c3ccccc3)cc2)C(C)C)c1. The average molecular weight is 476 g/mol. The molecule has 0 bridgehead atoms. The minimum Gasteiger partial charge on any atom is -0.497 e. The Morgan fingerprint density at radius 2 is 1.34 bits per heavy atom. The van der Waals surface area contributed by atoms with Gasteiger partial charge < -0.3 is 25.4 Å². The van der Waals surface area contributed by atoms with Crippen molar-refractivity contribution in [2.24, 2.45) is 5.92 Å². The highest BCUT2D eigenvalue weighted by Crippen LogP contribution is 2.23. The normalized spacial score (nSPS) is 12.4. The van der Waals surface area contributed by atoms with E-state index in [1.54, 1.807) is 18.2 Å². The van der Waals surface area contributed by atoms with Gasteiger partial charge in [0.1, 0.15) is 17.5 Å². The molecule has 0 saturated carbocycles. The van der Waals surface area contributed by atoms with Crippen molar-refractivity contribution >= 4 is 23.2 Å². The lowest BCUT2D eigenvalue weighted by molar-refractivity contribution is -0.118. The standard InChI is InChI=1S/C28H33N3O4/c1-18(2)26(31-27(32)21-15-24(34-4)17-25(16-21)35-5)28(33)30-23-13-11-22(12-14-23)29-19(3)20-9-7-6-8-10-20/h6-19,26,29H,1-5H3,(H,30,33)(H,31,32)/t19-,26-/m0/s1. The Hall–Kier alpha value is -4.00. The van der Waals surface area contributed by atoms with Crippen molar-refractivity contribution in [2.75, 3.05) is 24.9 Å². The number of hydrogen-bond donors (Lipinski definition) is 3. The fourth-order valence-corrected chi connectivity index (χ4v) is 3.64. The molecule has 2 amide bonds. The van der Waals surface area contributed by atoms with E-state index in [-0.39, 0.29) is 23.8 Å². The minimum absolute atomic E-state index is 0.126. The zero-order valence-electron chi connectivity index (χ0n) is 20.8. The van der Waals surface area contributed by atoms with E-state index in [2.05, 4.69) is 35.0 Å². The molecule has 0 aliphatic heterocycles. The molecule has 0 aromatic heterocycles. The maximum Gasteiger partial charge on any atom is 0.252 e. The molecule has 0 fully saturated rings. The number of amides is 2. The van der Waals surface area contributed by atoms with Crippen molar-refractivity contribution in [1.82, 2.24) is 5.32 Å². The fourth-order valence-electron chi connectivity index (χ4n) is 3.64. The van der Waals surface area contributed by atoms with Crippen molar-refractivity contribution in [1.29, 1.82) is 0 Å². The molecule has 0 heterocycles. The summed E-state index contributed by atoms with van der Waals surface area (Å²) in [6, 6.07) is 22.0. The number of carbonyl (C=O) groups excluding carboxylic acids is 2. The number of nitrogens with one attached hydrogen (secondary N) is 3. The van der Waals surface area contributed by atoms with Gasteiger partial charge in [0.25, 0.3) is 5.91 Å². The van der Waals surface area contributed by atoms with Crippen molar-refractivity contribution < 1.29 is 19.1 Å². The Morgan fingerprint density at radius 1 is 0.771 bits per heavy atom. The van der Waals surface area contributed by atoms with Gasteiger partial charge in [-0.05, 0) is 54.8 Å². The number of hydrogen-bond acceptors (Lipinski definition) is 5. The summed E-state index contributed by atoms with van der Waals surface area (Å²) in [7, 11) is 3.04. The molecule has 35 heavy (non-hydrogen) atoms. The summed E-state index contributed by atoms with van der Waals surface area (Å²) in [4.78, 5) is 25.9. The van der Waals surface area contributed by atoms with Crippen LogP contribution >= 0.6 is 0 Å². The summed E-state index contributed by atoms with van der Waals surface area (Å²) < 4.78 is 10.5. The summed E-state index contributed by atoms with van der Waals surface area (Å²) in [5.74, 6) is 0.192. The second-order valence-corrected chi connectivity index (χ2v) is 8.64. The van der Waals surface area contributed by atoms with Crippen LogP contribution in [-0.2, 0) is 4.79 Å². The van der Waals surface area contributed by atoms with E-state index in [0.717, 1.165) is 5.69 Å². The third-order valence-corrected chi connectivity index (χ3v) is 5.68. The van der Waals surface area contributed by atoms with Gasteiger partial charge in [-0.25, -0.2) is 0 Å². The average Bonchev–Trinajstić information content (AvgIpc) is 2.88. The van der Waals surface area contributed by atoms with Crippen molar-refractivity contribution in [3.63, 3.8) is 0 Å². The van der Waals surface area contributed by atoms with Crippen LogP contribution in [0.2, 0.25) is 0 Å². The van der Waals surface area contributed by atoms with Gasteiger partial charge in [-0.1, -0.05) is 44.2 Å². The zero-order chi connectivity index (χ0) is 25.4. The van der Waals surface area contributed by atoms with Gasteiger partial charge in [-0.2, -0.15) is 0 Å². The fraction of sp³-hybridized carbons (Fsp3) is 0.286. The molecule has 3 aromatic carbocycles. The molecule has 0 aliphatic carbocycles. The van der Waals surface area contributed by atoms with Crippen LogP contribution in [0, 0.1) is 5.92 Å². The topological polar surface area (TPSA) is 88.7 Å². The Bertz CT molecular complexity index is 1110. The number of benzene rings is 3. The lowest BCUT2D eigenvalue weighted by Gasteiger charge is -2.22. The van der Waals surface area contributed by atoms with Crippen LogP contribution in [0.5, 0.6) is 11.5 Å². The molecule has 7 heteroatoms. The molecule has 3 rings (SSSR count). The Morgan fingerprint density at radius 3 is 1.89 bits per heavy atom. The van der Waals surface area contributed by atoms with E-state index in [4.69, 9.17) is 9.47 Å². The predicted octanol–water partition coefficient (Wildman–Crippen LogP) is 5.27. The van der Waals surface area contributed by atoms with Gasteiger partial charge in [0.05, 0.1) is 14.2 Å². The largest absolute Gasteiger partial charge is 0.497 e. The third kappa shape index (κ3) is 6.99. The predicted molar refractivity (Wildman–Crippen MR) is 139 cm³/mol. The van der Waals surface area contributed by atoms with Gasteiger partial charge in [0, 0.05) is 29.0 Å². The van der Waals surface area contributed by atoms with Gasteiger partial charge in [-0.3, -0.25) is 9.59 Å². The van der Waals surface area contributed by atoms with E-state index >= 15 is 0 Å². The van der Waals surface area contributed by atoms with Gasteiger partial charge in [0.2, 0.25) is 5.91 Å². The quantitative estimate of drug-likeness (QED) is 0.372. The maximum atomic E-state index is 13.0. The highest BCUT2D eigenvalue weighted by Gasteiger charge is 2.25. The molecular weight excluding hydrogens is 442 g/mol. The molecule has 0 saturated heterocycles. The van der Waals surface area contributed by atoms with E-state index in [1.807, 2.05) is 56.3 Å². The molecule has 0 radical (unpaired) electrons. The molecule has 0 aliphatic rings. The van der Waals surface area contributed by atoms with Crippen LogP contribution in [0.1, 0.15) is 42.7 Å². The third-order valence-electron chi connectivity index (χ3n) is 5.68. The van der Waals surface area contributed by atoms with Crippen LogP contribution in [0.25, 0.3) is 0 Å². The molecule has 184 valence electrons. The van der Waals surface area contributed by atoms with E-state index in [9.17, 15) is 9.59 Å². The smallest absolute Gasteiger partial charge is 0.252 e. The van der Waals surface area contributed by atoms with Gasteiger partial charge in [-0.15, -0.1) is 0 Å². The van der Waals surface area contributed by atoms with Crippen molar-refractivity contribution in [2.45, 2.75) is 32.9 Å². The summed E-state index contributed by atoms with van der Waals surface area (Å²) >= 11 is 0. The number of ether oxygens (including phenoxy) is 2. The summed E-state index contributed by atoms with van der Waals surface area (Å²) in [5.41, 5.74) is 3.13. The van der Waals surface area contributed by atoms with Gasteiger partial charge in [0.15, 0.2) is 0 Å². The number of rotatable bonds is 10. The minimum atomic E-state index is -0.726. The Balaban J connectivity index is 1.65. The van der Waals surface area contributed by atoms with E-state index < -0.39 is 6.04 Å². The van der Waals surface area contributed by atoms with Crippen LogP contribution in [0.4, 0.5) is 11.4 Å². The lowest BCUT2D eigenvalue weighted by Crippen LogP contribution is -2.47. The summed E-state index contributed by atoms with van der Waals surface area (Å²) in [6.45, 7) is 5.86. The monoisotopic (exact) mass is 475 g/mol. The highest BCUT2D eigenvalue weighted by atomic mass is 16.5. The first kappa shape index (κ1) is 25.6. The highest BCUT2D eigenvalue weighted by molar-refractivity contribution is 6.01. The van der Waals surface area contributed by atoms with Crippen LogP contribution < -0.4 is 25.4 Å². The summed E-state index contributed by atoms with van der Waals surface area (Å²) in [5, 5.41) is 9.20. The van der Waals surface area contributed by atoms with E-state index in [0.29, 0.717) is 22.7 Å². The molecule has 0 unspecified atom stereocenters. The molecule has 0 spiro atoms. The molecule has 3 aromatic rings. The molecule has 2 atom stereocenters. The first-order valence-corrected chi connectivity index (χ1v) is 11.6. The van der Waals surface area contributed by atoms with Crippen LogP contribution in [0.15, 0.2) is 72.8 Å². The lowest BCUT2D eigenvalue weighted by atomic mass is 10.0. The number of carbonyl (C=O) groups is 2. The first-order valence-electron chi connectivity index (χ1n) is 11.6. The van der Waals surface area contributed by atoms with Crippen LogP contribution in [0.3, 0.4) is 0 Å². The first-order chi connectivity index (χ1) is 16.8. The molecule has 7 nitrogen and oxygen atoms in total. The number of anilines is 2. The maximum absolute atomic E-state index is 13.0. The van der Waals surface area contributed by atoms with Crippen LogP contribution in [-0.4, -0.2) is 32.1 Å². The Kier molecular flexibility index (Phi) is 8.73. The van der Waals surface area contributed by atoms with Crippen molar-refractivity contribution in [3.05, 3.63) is 83.9 Å². The molecular formula is C28H33N3O4. The van der Waals surface area contributed by atoms with Gasteiger partial charge >= 0.3 is 0 Å². The Labute approximate surface area is 206 Å². The van der Waals surface area contributed by atoms with Crippen molar-refractivity contribution in [3.8, 4) is 11.5 Å². The zero-order valence-corrected chi connectivity index (χ0v) is 20.8.